The standard InChI is InChI=1S/C25H27N3O2/c26-15-19-2-1-3-22-20(6-7-23(19)22)16-28-12-10-27(11-13-28)9-8-18-4-5-21-17-30-25(29)24(21)14-18/h1-5,14,20H,6-13,16-17H2. The summed E-state index contributed by atoms with van der Waals surface area (Å²) < 4.78 is 5.10. The average molecular weight is 402 g/mol. The molecule has 0 amide bonds. The van der Waals surface area contributed by atoms with E-state index in [2.05, 4.69) is 28.0 Å². The molecule has 5 heteroatoms. The number of esters is 1. The van der Waals surface area contributed by atoms with E-state index in [1.165, 1.54) is 16.7 Å². The molecule has 30 heavy (non-hydrogen) atoms. The van der Waals surface area contributed by atoms with Gasteiger partial charge in [-0.3, -0.25) is 0 Å². The smallest absolute Gasteiger partial charge is 0.338 e. The molecule has 1 fully saturated rings. The second kappa shape index (κ2) is 8.22. The van der Waals surface area contributed by atoms with Gasteiger partial charge in [0.05, 0.1) is 17.2 Å². The molecule has 154 valence electrons. The van der Waals surface area contributed by atoms with Crippen molar-refractivity contribution in [2.75, 3.05) is 39.3 Å². The Morgan fingerprint density at radius 2 is 1.93 bits per heavy atom. The number of piperazine rings is 1. The fourth-order valence-corrected chi connectivity index (χ4v) is 5.15. The predicted octanol–water partition coefficient (Wildman–Crippen LogP) is 3.12. The summed E-state index contributed by atoms with van der Waals surface area (Å²) in [5.41, 5.74) is 6.50. The number of benzene rings is 2. The highest BCUT2D eigenvalue weighted by atomic mass is 16.5. The van der Waals surface area contributed by atoms with Gasteiger partial charge >= 0.3 is 5.97 Å². The average Bonchev–Trinajstić information content (AvgIpc) is 3.36. The van der Waals surface area contributed by atoms with E-state index in [4.69, 9.17) is 4.74 Å². The lowest BCUT2D eigenvalue weighted by Crippen LogP contribution is -2.47. The van der Waals surface area contributed by atoms with Crippen LogP contribution in [0.25, 0.3) is 0 Å². The molecule has 1 aliphatic carbocycles. The van der Waals surface area contributed by atoms with E-state index in [1.54, 1.807) is 0 Å². The van der Waals surface area contributed by atoms with Crippen molar-refractivity contribution >= 4 is 5.97 Å². The van der Waals surface area contributed by atoms with Gasteiger partial charge in [-0.05, 0) is 54.0 Å². The van der Waals surface area contributed by atoms with Gasteiger partial charge in [0.15, 0.2) is 0 Å². The lowest BCUT2D eigenvalue weighted by Gasteiger charge is -2.36. The number of carbonyl (C=O) groups excluding carboxylic acids is 1. The van der Waals surface area contributed by atoms with Gasteiger partial charge in [0.25, 0.3) is 0 Å². The number of cyclic esters (lactones) is 1. The van der Waals surface area contributed by atoms with E-state index in [1.807, 2.05) is 24.3 Å². The number of hydrogen-bond acceptors (Lipinski definition) is 5. The molecule has 2 aromatic carbocycles. The molecule has 2 aromatic rings. The Labute approximate surface area is 177 Å². The molecular weight excluding hydrogens is 374 g/mol. The van der Waals surface area contributed by atoms with E-state index in [0.717, 1.165) is 75.2 Å². The van der Waals surface area contributed by atoms with Gasteiger partial charge in [-0.25, -0.2) is 4.79 Å². The molecule has 0 bridgehead atoms. The quantitative estimate of drug-likeness (QED) is 0.721. The second-order valence-electron chi connectivity index (χ2n) is 8.68. The molecule has 0 radical (unpaired) electrons. The van der Waals surface area contributed by atoms with Crippen molar-refractivity contribution < 1.29 is 9.53 Å². The normalized spacial score (nSPS) is 21.2. The molecular formula is C25H27N3O2. The molecule has 1 saturated heterocycles. The third-order valence-corrected chi connectivity index (χ3v) is 6.93. The second-order valence-corrected chi connectivity index (χ2v) is 8.68. The summed E-state index contributed by atoms with van der Waals surface area (Å²) in [5, 5.41) is 9.34. The van der Waals surface area contributed by atoms with Crippen molar-refractivity contribution in [1.29, 1.82) is 5.26 Å². The maximum absolute atomic E-state index is 11.8. The summed E-state index contributed by atoms with van der Waals surface area (Å²) in [6.07, 6.45) is 3.17. The summed E-state index contributed by atoms with van der Waals surface area (Å²) in [6, 6.07) is 14.7. The Bertz CT molecular complexity index is 1000. The minimum atomic E-state index is -0.184. The first-order chi connectivity index (χ1) is 14.7. The Morgan fingerprint density at radius 3 is 2.77 bits per heavy atom. The maximum Gasteiger partial charge on any atom is 0.338 e. The molecule has 5 rings (SSSR count). The zero-order chi connectivity index (χ0) is 20.5. The predicted molar refractivity (Wildman–Crippen MR) is 114 cm³/mol. The summed E-state index contributed by atoms with van der Waals surface area (Å²) in [7, 11) is 0. The molecule has 5 nitrogen and oxygen atoms in total. The minimum Gasteiger partial charge on any atom is -0.457 e. The van der Waals surface area contributed by atoms with Crippen LogP contribution in [0.1, 0.15) is 50.5 Å². The van der Waals surface area contributed by atoms with E-state index in [-0.39, 0.29) is 5.97 Å². The number of rotatable bonds is 5. The zero-order valence-electron chi connectivity index (χ0n) is 17.3. The number of ether oxygens (including phenoxy) is 1. The molecule has 0 N–H and O–H groups in total. The van der Waals surface area contributed by atoms with Crippen LogP contribution in [0.5, 0.6) is 0 Å². The Balaban J connectivity index is 1.12. The lowest BCUT2D eigenvalue weighted by molar-refractivity contribution is 0.0535. The number of fused-ring (bicyclic) bond motifs is 2. The van der Waals surface area contributed by atoms with E-state index >= 15 is 0 Å². The van der Waals surface area contributed by atoms with Crippen LogP contribution in [0.2, 0.25) is 0 Å². The Morgan fingerprint density at radius 1 is 1.10 bits per heavy atom. The van der Waals surface area contributed by atoms with Crippen LogP contribution in [-0.2, 0) is 24.2 Å². The molecule has 2 aliphatic heterocycles. The number of hydrogen-bond donors (Lipinski definition) is 0. The van der Waals surface area contributed by atoms with Crippen molar-refractivity contribution in [3.8, 4) is 6.07 Å². The van der Waals surface area contributed by atoms with Crippen molar-refractivity contribution in [1.82, 2.24) is 9.80 Å². The van der Waals surface area contributed by atoms with Crippen molar-refractivity contribution in [2.24, 2.45) is 0 Å². The molecule has 2 heterocycles. The Hall–Kier alpha value is -2.68. The van der Waals surface area contributed by atoms with Gasteiger partial charge < -0.3 is 14.5 Å². The summed E-state index contributed by atoms with van der Waals surface area (Å²) in [5.74, 6) is 0.377. The fourth-order valence-electron chi connectivity index (χ4n) is 5.15. The van der Waals surface area contributed by atoms with Crippen LogP contribution in [0.3, 0.4) is 0 Å². The molecule has 0 spiro atoms. The summed E-state index contributed by atoms with van der Waals surface area (Å²) in [4.78, 5) is 16.9. The van der Waals surface area contributed by atoms with Crippen LogP contribution in [0, 0.1) is 11.3 Å². The van der Waals surface area contributed by atoms with Crippen molar-refractivity contribution in [2.45, 2.75) is 31.8 Å². The first-order valence-corrected chi connectivity index (χ1v) is 11.0. The monoisotopic (exact) mass is 401 g/mol. The number of nitriles is 1. The van der Waals surface area contributed by atoms with E-state index in [0.29, 0.717) is 12.5 Å². The lowest BCUT2D eigenvalue weighted by atomic mass is 9.98. The van der Waals surface area contributed by atoms with Gasteiger partial charge in [0.1, 0.15) is 6.61 Å². The minimum absolute atomic E-state index is 0.184. The number of nitrogens with zero attached hydrogens (tertiary/aromatic N) is 3. The molecule has 0 aromatic heterocycles. The van der Waals surface area contributed by atoms with Gasteiger partial charge in [0, 0.05) is 44.8 Å². The molecule has 1 atom stereocenters. The van der Waals surface area contributed by atoms with E-state index in [9.17, 15) is 10.1 Å². The van der Waals surface area contributed by atoms with Crippen LogP contribution in [0.4, 0.5) is 0 Å². The summed E-state index contributed by atoms with van der Waals surface area (Å²) in [6.45, 7) is 6.91. The van der Waals surface area contributed by atoms with Crippen LogP contribution in [0.15, 0.2) is 36.4 Å². The highest BCUT2D eigenvalue weighted by Crippen LogP contribution is 2.35. The van der Waals surface area contributed by atoms with Crippen molar-refractivity contribution in [3.63, 3.8) is 0 Å². The van der Waals surface area contributed by atoms with Gasteiger partial charge in [-0.1, -0.05) is 24.3 Å². The van der Waals surface area contributed by atoms with Crippen LogP contribution in [-0.4, -0.2) is 55.0 Å². The topological polar surface area (TPSA) is 56.6 Å². The van der Waals surface area contributed by atoms with Crippen molar-refractivity contribution in [3.05, 3.63) is 69.8 Å². The van der Waals surface area contributed by atoms with Gasteiger partial charge in [-0.15, -0.1) is 0 Å². The highest BCUT2D eigenvalue weighted by molar-refractivity contribution is 5.93. The molecule has 0 saturated carbocycles. The zero-order valence-corrected chi connectivity index (χ0v) is 17.3. The first kappa shape index (κ1) is 19.3. The SMILES string of the molecule is N#Cc1cccc2c1CCC2CN1CCN(CCc2ccc3c(c2)C(=O)OC3)CC1. The summed E-state index contributed by atoms with van der Waals surface area (Å²) >= 11 is 0. The van der Waals surface area contributed by atoms with Gasteiger partial charge in [-0.2, -0.15) is 5.26 Å². The van der Waals surface area contributed by atoms with Gasteiger partial charge in [0.2, 0.25) is 0 Å². The molecule has 1 unspecified atom stereocenters. The fraction of sp³-hybridized carbons (Fsp3) is 0.440. The third-order valence-electron chi connectivity index (χ3n) is 6.93. The highest BCUT2D eigenvalue weighted by Gasteiger charge is 2.28. The molecule has 3 aliphatic rings. The Kier molecular flexibility index (Phi) is 5.28. The van der Waals surface area contributed by atoms with Crippen LogP contribution < -0.4 is 0 Å². The first-order valence-electron chi connectivity index (χ1n) is 11.0. The van der Waals surface area contributed by atoms with Crippen LogP contribution >= 0.6 is 0 Å². The third kappa shape index (κ3) is 3.74. The number of carbonyl (C=O) groups is 1. The largest absolute Gasteiger partial charge is 0.457 e. The maximum atomic E-state index is 11.8. The van der Waals surface area contributed by atoms with E-state index < -0.39 is 0 Å².